The van der Waals surface area contributed by atoms with E-state index in [-0.39, 0.29) is 23.8 Å². The van der Waals surface area contributed by atoms with Crippen LogP contribution in [0.15, 0.2) is 37.1 Å². The molecule has 0 N–H and O–H groups in total. The Morgan fingerprint density at radius 2 is 2.04 bits per heavy atom. The van der Waals surface area contributed by atoms with Crippen molar-refractivity contribution in [1.82, 2.24) is 24.3 Å². The summed E-state index contributed by atoms with van der Waals surface area (Å²) in [7, 11) is 1.83. The first-order valence-corrected chi connectivity index (χ1v) is 10.1. The summed E-state index contributed by atoms with van der Waals surface area (Å²) in [4.78, 5) is 38.2. The summed E-state index contributed by atoms with van der Waals surface area (Å²) in [5.41, 5.74) is 1.62. The second-order valence-corrected chi connectivity index (χ2v) is 7.89. The quantitative estimate of drug-likeness (QED) is 0.796. The Kier molecular flexibility index (Phi) is 5.41. The molecule has 7 heteroatoms. The van der Waals surface area contributed by atoms with Crippen LogP contribution in [0.4, 0.5) is 0 Å². The average Bonchev–Trinajstić information content (AvgIpc) is 3.11. The van der Waals surface area contributed by atoms with Crippen molar-refractivity contribution in [1.29, 1.82) is 0 Å². The Bertz CT molecular complexity index is 830. The molecule has 4 rings (SSSR count). The third-order valence-electron chi connectivity index (χ3n) is 5.97. The SMILES string of the molecule is Cn1cncc1C(=O)N1CCCC(N(Cc2cccnc2)C(=O)C2CCC2)C1. The van der Waals surface area contributed by atoms with Crippen LogP contribution >= 0.6 is 0 Å². The predicted molar refractivity (Wildman–Crippen MR) is 104 cm³/mol. The Morgan fingerprint density at radius 1 is 1.18 bits per heavy atom. The molecule has 1 saturated carbocycles. The maximum atomic E-state index is 13.2. The summed E-state index contributed by atoms with van der Waals surface area (Å²) >= 11 is 0. The molecule has 148 valence electrons. The summed E-state index contributed by atoms with van der Waals surface area (Å²) in [6, 6.07) is 3.95. The van der Waals surface area contributed by atoms with E-state index in [1.807, 2.05) is 35.2 Å². The van der Waals surface area contributed by atoms with E-state index in [1.54, 1.807) is 23.3 Å². The van der Waals surface area contributed by atoms with Gasteiger partial charge in [0.25, 0.3) is 5.91 Å². The molecule has 1 aliphatic carbocycles. The van der Waals surface area contributed by atoms with E-state index in [0.29, 0.717) is 18.8 Å². The van der Waals surface area contributed by atoms with Gasteiger partial charge in [0.15, 0.2) is 0 Å². The van der Waals surface area contributed by atoms with Crippen LogP contribution in [0.3, 0.4) is 0 Å². The minimum absolute atomic E-state index is 0.0119. The van der Waals surface area contributed by atoms with Gasteiger partial charge < -0.3 is 14.4 Å². The van der Waals surface area contributed by atoms with Gasteiger partial charge in [-0.1, -0.05) is 12.5 Å². The number of likely N-dealkylation sites (tertiary alicyclic amines) is 1. The van der Waals surface area contributed by atoms with E-state index in [9.17, 15) is 9.59 Å². The Hall–Kier alpha value is -2.70. The number of aromatic nitrogens is 3. The molecule has 1 aliphatic heterocycles. The van der Waals surface area contributed by atoms with Crippen LogP contribution in [-0.4, -0.2) is 55.3 Å². The minimum Gasteiger partial charge on any atom is -0.335 e. The summed E-state index contributed by atoms with van der Waals surface area (Å²) < 4.78 is 1.75. The van der Waals surface area contributed by atoms with Gasteiger partial charge in [0.2, 0.25) is 5.91 Å². The van der Waals surface area contributed by atoms with Crippen molar-refractivity contribution in [2.24, 2.45) is 13.0 Å². The number of piperidine rings is 1. The van der Waals surface area contributed by atoms with Crippen molar-refractivity contribution in [3.8, 4) is 0 Å². The van der Waals surface area contributed by atoms with Crippen LogP contribution in [-0.2, 0) is 18.4 Å². The number of rotatable bonds is 5. The van der Waals surface area contributed by atoms with Crippen LogP contribution < -0.4 is 0 Å². The van der Waals surface area contributed by atoms with Gasteiger partial charge in [-0.2, -0.15) is 0 Å². The predicted octanol–water partition coefficient (Wildman–Crippen LogP) is 2.25. The number of hydrogen-bond donors (Lipinski definition) is 0. The number of imidazole rings is 1. The van der Waals surface area contributed by atoms with Gasteiger partial charge in [-0.15, -0.1) is 0 Å². The lowest BCUT2D eigenvalue weighted by Crippen LogP contribution is -2.53. The van der Waals surface area contributed by atoms with Gasteiger partial charge in [0, 0.05) is 51.0 Å². The fourth-order valence-electron chi connectivity index (χ4n) is 4.08. The molecular weight excluding hydrogens is 354 g/mol. The van der Waals surface area contributed by atoms with Crippen molar-refractivity contribution in [3.63, 3.8) is 0 Å². The lowest BCUT2D eigenvalue weighted by Gasteiger charge is -2.42. The lowest BCUT2D eigenvalue weighted by molar-refractivity contribution is -0.142. The third kappa shape index (κ3) is 3.79. The van der Waals surface area contributed by atoms with Crippen LogP contribution in [0.2, 0.25) is 0 Å². The molecule has 0 bridgehead atoms. The van der Waals surface area contributed by atoms with Gasteiger partial charge in [-0.25, -0.2) is 4.98 Å². The first-order valence-electron chi connectivity index (χ1n) is 10.1. The van der Waals surface area contributed by atoms with Crippen LogP contribution in [0.1, 0.15) is 48.2 Å². The zero-order valence-corrected chi connectivity index (χ0v) is 16.3. The Morgan fingerprint density at radius 3 is 2.68 bits per heavy atom. The number of amides is 2. The van der Waals surface area contributed by atoms with Crippen LogP contribution in [0.5, 0.6) is 0 Å². The molecule has 0 aromatic carbocycles. The molecule has 2 amide bonds. The highest BCUT2D eigenvalue weighted by molar-refractivity contribution is 5.92. The zero-order valence-electron chi connectivity index (χ0n) is 16.3. The smallest absolute Gasteiger partial charge is 0.272 e. The van der Waals surface area contributed by atoms with Crippen molar-refractivity contribution < 1.29 is 9.59 Å². The molecule has 2 aromatic heterocycles. The third-order valence-corrected chi connectivity index (χ3v) is 5.97. The standard InChI is InChI=1S/C21H27N5O2/c1-24-15-23-12-19(24)21(28)25-10-4-8-18(14-25)26(20(27)17-6-2-7-17)13-16-5-3-9-22-11-16/h3,5,9,11-12,15,17-18H,2,4,6-8,10,13-14H2,1H3. The molecule has 1 unspecified atom stereocenters. The van der Waals surface area contributed by atoms with E-state index in [2.05, 4.69) is 9.97 Å². The lowest BCUT2D eigenvalue weighted by atomic mass is 9.83. The first kappa shape index (κ1) is 18.7. The molecule has 1 saturated heterocycles. The fourth-order valence-corrected chi connectivity index (χ4v) is 4.08. The second kappa shape index (κ2) is 8.12. The van der Waals surface area contributed by atoms with Crippen molar-refractivity contribution in [3.05, 3.63) is 48.3 Å². The molecule has 2 aromatic rings. The van der Waals surface area contributed by atoms with E-state index >= 15 is 0 Å². The maximum Gasteiger partial charge on any atom is 0.272 e. The summed E-state index contributed by atoms with van der Waals surface area (Å²) in [6.07, 6.45) is 11.7. The molecule has 2 fully saturated rings. The molecule has 0 spiro atoms. The van der Waals surface area contributed by atoms with E-state index in [0.717, 1.165) is 44.2 Å². The second-order valence-electron chi connectivity index (χ2n) is 7.89. The normalized spacial score (nSPS) is 19.9. The highest BCUT2D eigenvalue weighted by Gasteiger charge is 2.36. The minimum atomic E-state index is -0.0119. The van der Waals surface area contributed by atoms with E-state index in [4.69, 9.17) is 0 Å². The first-order chi connectivity index (χ1) is 13.6. The molecule has 1 atom stereocenters. The highest BCUT2D eigenvalue weighted by Crippen LogP contribution is 2.31. The van der Waals surface area contributed by atoms with Crippen molar-refractivity contribution in [2.75, 3.05) is 13.1 Å². The largest absolute Gasteiger partial charge is 0.335 e. The molecule has 7 nitrogen and oxygen atoms in total. The van der Waals surface area contributed by atoms with Crippen LogP contribution in [0, 0.1) is 5.92 Å². The molecular formula is C21H27N5O2. The number of hydrogen-bond acceptors (Lipinski definition) is 4. The molecule has 2 aliphatic rings. The summed E-state index contributed by atoms with van der Waals surface area (Å²) in [5.74, 6) is 0.358. The summed E-state index contributed by atoms with van der Waals surface area (Å²) in [5, 5.41) is 0. The van der Waals surface area contributed by atoms with Crippen molar-refractivity contribution in [2.45, 2.75) is 44.7 Å². The highest BCUT2D eigenvalue weighted by atomic mass is 16.2. The van der Waals surface area contributed by atoms with Gasteiger partial charge in [-0.05, 0) is 37.3 Å². The number of carbonyl (C=O) groups is 2. The van der Waals surface area contributed by atoms with E-state index < -0.39 is 0 Å². The Balaban J connectivity index is 1.52. The molecule has 28 heavy (non-hydrogen) atoms. The monoisotopic (exact) mass is 381 g/mol. The average molecular weight is 381 g/mol. The van der Waals surface area contributed by atoms with Gasteiger partial charge in [0.05, 0.1) is 12.5 Å². The van der Waals surface area contributed by atoms with Gasteiger partial charge >= 0.3 is 0 Å². The fraction of sp³-hybridized carbons (Fsp3) is 0.524. The topological polar surface area (TPSA) is 71.3 Å². The number of nitrogens with zero attached hydrogens (tertiary/aromatic N) is 5. The van der Waals surface area contributed by atoms with Crippen molar-refractivity contribution >= 4 is 11.8 Å². The molecule has 3 heterocycles. The Labute approximate surface area is 165 Å². The summed E-state index contributed by atoms with van der Waals surface area (Å²) in [6.45, 7) is 1.85. The number of pyridine rings is 1. The van der Waals surface area contributed by atoms with E-state index in [1.165, 1.54) is 0 Å². The number of aryl methyl sites for hydroxylation is 1. The van der Waals surface area contributed by atoms with Gasteiger partial charge in [-0.3, -0.25) is 14.6 Å². The maximum absolute atomic E-state index is 13.2. The zero-order chi connectivity index (χ0) is 19.5. The molecule has 0 radical (unpaired) electrons. The number of carbonyl (C=O) groups excluding carboxylic acids is 2. The van der Waals surface area contributed by atoms with Crippen LogP contribution in [0.25, 0.3) is 0 Å². The van der Waals surface area contributed by atoms with Gasteiger partial charge in [0.1, 0.15) is 5.69 Å².